The Kier molecular flexibility index (Phi) is 4.25. The van der Waals surface area contributed by atoms with Crippen LogP contribution >= 0.6 is 0 Å². The Balaban J connectivity index is 2.27. The number of nitro groups is 1. The average molecular weight is 307 g/mol. The van der Waals surface area contributed by atoms with Crippen molar-refractivity contribution < 1.29 is 14.5 Å². The first-order valence-corrected chi connectivity index (χ1v) is 7.12. The molecule has 1 saturated heterocycles. The molecule has 0 saturated carbocycles. The molecule has 1 aliphatic rings. The number of piperazine rings is 1. The van der Waals surface area contributed by atoms with E-state index in [4.69, 9.17) is 4.74 Å². The summed E-state index contributed by atoms with van der Waals surface area (Å²) in [5.41, 5.74) is 0.519. The zero-order valence-corrected chi connectivity index (χ0v) is 13.3. The first-order chi connectivity index (χ1) is 10.3. The summed E-state index contributed by atoms with van der Waals surface area (Å²) in [5, 5.41) is 11.0. The van der Waals surface area contributed by atoms with E-state index >= 15 is 0 Å². The first kappa shape index (κ1) is 16.1. The van der Waals surface area contributed by atoms with E-state index in [1.54, 1.807) is 19.1 Å². The highest BCUT2D eigenvalue weighted by atomic mass is 16.6. The van der Waals surface area contributed by atoms with E-state index in [0.29, 0.717) is 19.6 Å². The summed E-state index contributed by atoms with van der Waals surface area (Å²) in [5.74, 6) is 0.306. The van der Waals surface area contributed by atoms with E-state index in [-0.39, 0.29) is 22.9 Å². The molecular weight excluding hydrogens is 286 g/mol. The molecule has 2 rings (SSSR count). The van der Waals surface area contributed by atoms with Crippen LogP contribution < -0.4 is 9.64 Å². The van der Waals surface area contributed by atoms with E-state index < -0.39 is 4.92 Å². The summed E-state index contributed by atoms with van der Waals surface area (Å²) in [6, 6.07) is 4.86. The summed E-state index contributed by atoms with van der Waals surface area (Å²) < 4.78 is 5.12. The molecule has 0 N–H and O–H groups in total. The maximum Gasteiger partial charge on any atom is 0.311 e. The standard InChI is InChI=1S/C15H21N3O4/c1-11(19)17-8-7-16(10-15(17,2)3)12-5-6-13(18(20)21)14(9-12)22-4/h5-6,9H,7-8,10H2,1-4H3. The second-order valence-electron chi connectivity index (χ2n) is 6.02. The van der Waals surface area contributed by atoms with Crippen LogP contribution in [0.3, 0.4) is 0 Å². The van der Waals surface area contributed by atoms with Gasteiger partial charge in [-0.05, 0) is 19.9 Å². The third-order valence-electron chi connectivity index (χ3n) is 4.01. The smallest absolute Gasteiger partial charge is 0.311 e. The van der Waals surface area contributed by atoms with Crippen molar-refractivity contribution in [2.24, 2.45) is 0 Å². The zero-order chi connectivity index (χ0) is 16.5. The number of benzene rings is 1. The van der Waals surface area contributed by atoms with Crippen molar-refractivity contribution in [2.45, 2.75) is 26.3 Å². The summed E-state index contributed by atoms with van der Waals surface area (Å²) in [6.07, 6.45) is 0. The predicted molar refractivity (Wildman–Crippen MR) is 83.3 cm³/mol. The van der Waals surface area contributed by atoms with Crippen molar-refractivity contribution in [1.82, 2.24) is 4.90 Å². The molecular formula is C15H21N3O4. The Hall–Kier alpha value is -2.31. The van der Waals surface area contributed by atoms with Crippen molar-refractivity contribution in [2.75, 3.05) is 31.6 Å². The lowest BCUT2D eigenvalue weighted by atomic mass is 9.98. The molecule has 1 fully saturated rings. The fourth-order valence-corrected chi connectivity index (χ4v) is 2.97. The Labute approximate surface area is 129 Å². The maximum absolute atomic E-state index is 11.7. The maximum atomic E-state index is 11.7. The third-order valence-corrected chi connectivity index (χ3v) is 4.01. The monoisotopic (exact) mass is 307 g/mol. The quantitative estimate of drug-likeness (QED) is 0.631. The SMILES string of the molecule is COc1cc(N2CCN(C(C)=O)C(C)(C)C2)ccc1[N+](=O)[O-]. The normalized spacial score (nSPS) is 17.3. The molecule has 7 nitrogen and oxygen atoms in total. The van der Waals surface area contributed by atoms with E-state index in [1.165, 1.54) is 13.2 Å². The van der Waals surface area contributed by atoms with Crippen molar-refractivity contribution in [1.29, 1.82) is 0 Å². The molecule has 0 spiro atoms. The van der Waals surface area contributed by atoms with Crippen LogP contribution in [0.5, 0.6) is 5.75 Å². The van der Waals surface area contributed by atoms with Crippen LogP contribution in [0.2, 0.25) is 0 Å². The van der Waals surface area contributed by atoms with E-state index in [9.17, 15) is 14.9 Å². The lowest BCUT2D eigenvalue weighted by Gasteiger charge is -2.47. The molecule has 120 valence electrons. The second kappa shape index (κ2) is 5.82. The van der Waals surface area contributed by atoms with Gasteiger partial charge in [-0.2, -0.15) is 0 Å². The van der Waals surface area contributed by atoms with Crippen molar-refractivity contribution >= 4 is 17.3 Å². The van der Waals surface area contributed by atoms with Gasteiger partial charge in [0.1, 0.15) is 0 Å². The highest BCUT2D eigenvalue weighted by molar-refractivity contribution is 5.74. The number of hydrogen-bond acceptors (Lipinski definition) is 5. The van der Waals surface area contributed by atoms with Gasteiger partial charge in [0.05, 0.1) is 17.6 Å². The molecule has 0 atom stereocenters. The molecule has 1 amide bonds. The fourth-order valence-electron chi connectivity index (χ4n) is 2.97. The number of carbonyl (C=O) groups excluding carboxylic acids is 1. The van der Waals surface area contributed by atoms with Gasteiger partial charge in [-0.25, -0.2) is 0 Å². The van der Waals surface area contributed by atoms with Gasteiger partial charge in [0.25, 0.3) is 0 Å². The minimum atomic E-state index is -0.458. The van der Waals surface area contributed by atoms with Crippen LogP contribution in [0.4, 0.5) is 11.4 Å². The molecule has 1 heterocycles. The summed E-state index contributed by atoms with van der Waals surface area (Å²) >= 11 is 0. The van der Waals surface area contributed by atoms with Crippen LogP contribution in [-0.4, -0.2) is 48.0 Å². The summed E-state index contributed by atoms with van der Waals surface area (Å²) in [4.78, 5) is 26.2. The third kappa shape index (κ3) is 2.98. The van der Waals surface area contributed by atoms with Gasteiger partial charge < -0.3 is 14.5 Å². The molecule has 1 aromatic rings. The second-order valence-corrected chi connectivity index (χ2v) is 6.02. The zero-order valence-electron chi connectivity index (χ0n) is 13.3. The molecule has 7 heteroatoms. The lowest BCUT2D eigenvalue weighted by molar-refractivity contribution is -0.385. The average Bonchev–Trinajstić information content (AvgIpc) is 2.44. The van der Waals surface area contributed by atoms with Gasteiger partial charge >= 0.3 is 5.69 Å². The highest BCUT2D eigenvalue weighted by Crippen LogP contribution is 2.33. The Bertz CT molecular complexity index is 600. The minimum Gasteiger partial charge on any atom is -0.490 e. The van der Waals surface area contributed by atoms with E-state index in [1.807, 2.05) is 18.7 Å². The number of nitro benzene ring substituents is 1. The van der Waals surface area contributed by atoms with Crippen molar-refractivity contribution in [3.05, 3.63) is 28.3 Å². The van der Waals surface area contributed by atoms with Gasteiger partial charge in [0, 0.05) is 44.4 Å². The van der Waals surface area contributed by atoms with Gasteiger partial charge in [-0.3, -0.25) is 14.9 Å². The van der Waals surface area contributed by atoms with Crippen LogP contribution in [0.15, 0.2) is 18.2 Å². The van der Waals surface area contributed by atoms with Crippen molar-refractivity contribution in [3.8, 4) is 5.75 Å². The van der Waals surface area contributed by atoms with Crippen LogP contribution in [0.1, 0.15) is 20.8 Å². The van der Waals surface area contributed by atoms with Gasteiger partial charge in [0.15, 0.2) is 5.75 Å². The summed E-state index contributed by atoms with van der Waals surface area (Å²) in [7, 11) is 1.42. The number of carbonyl (C=O) groups is 1. The lowest BCUT2D eigenvalue weighted by Crippen LogP contribution is -2.60. The fraction of sp³-hybridized carbons (Fsp3) is 0.533. The van der Waals surface area contributed by atoms with Gasteiger partial charge in [-0.15, -0.1) is 0 Å². The predicted octanol–water partition coefficient (Wildman–Crippen LogP) is 2.05. The number of methoxy groups -OCH3 is 1. The first-order valence-electron chi connectivity index (χ1n) is 7.12. The van der Waals surface area contributed by atoms with Crippen LogP contribution in [-0.2, 0) is 4.79 Å². The Morgan fingerprint density at radius 3 is 2.55 bits per heavy atom. The number of amides is 1. The Morgan fingerprint density at radius 2 is 2.05 bits per heavy atom. The molecule has 22 heavy (non-hydrogen) atoms. The number of nitrogens with zero attached hydrogens (tertiary/aromatic N) is 3. The molecule has 0 unspecified atom stereocenters. The minimum absolute atomic E-state index is 0.0483. The number of rotatable bonds is 3. The van der Waals surface area contributed by atoms with Crippen molar-refractivity contribution in [3.63, 3.8) is 0 Å². The number of hydrogen-bond donors (Lipinski definition) is 0. The molecule has 0 aliphatic carbocycles. The molecule has 0 radical (unpaired) electrons. The van der Waals surface area contributed by atoms with E-state index in [0.717, 1.165) is 5.69 Å². The number of ether oxygens (including phenoxy) is 1. The molecule has 1 aromatic carbocycles. The van der Waals surface area contributed by atoms with Gasteiger partial charge in [-0.1, -0.05) is 0 Å². The molecule has 0 bridgehead atoms. The topological polar surface area (TPSA) is 75.9 Å². The van der Waals surface area contributed by atoms with Gasteiger partial charge in [0.2, 0.25) is 5.91 Å². The largest absolute Gasteiger partial charge is 0.490 e. The van der Waals surface area contributed by atoms with E-state index in [2.05, 4.69) is 4.90 Å². The van der Waals surface area contributed by atoms with Crippen LogP contribution in [0.25, 0.3) is 0 Å². The van der Waals surface area contributed by atoms with Crippen LogP contribution in [0, 0.1) is 10.1 Å². The number of anilines is 1. The highest BCUT2D eigenvalue weighted by Gasteiger charge is 2.35. The Morgan fingerprint density at radius 1 is 1.36 bits per heavy atom. The summed E-state index contributed by atoms with van der Waals surface area (Å²) in [6.45, 7) is 7.58. The molecule has 1 aliphatic heterocycles. The molecule has 0 aromatic heterocycles.